The molecule has 9 heteroatoms. The molecule has 2 aromatic heterocycles. The van der Waals surface area contributed by atoms with Crippen LogP contribution in [0.1, 0.15) is 62.0 Å². The first kappa shape index (κ1) is 25.5. The quantitative estimate of drug-likeness (QED) is 0.182. The molecule has 206 valence electrons. The van der Waals surface area contributed by atoms with E-state index in [0.717, 1.165) is 25.7 Å². The third-order valence-electron chi connectivity index (χ3n) is 7.30. The summed E-state index contributed by atoms with van der Waals surface area (Å²) in [4.78, 5) is 4.49. The number of halogens is 2. The van der Waals surface area contributed by atoms with E-state index in [1.165, 1.54) is 23.9 Å². The number of nitriles is 1. The Morgan fingerprint density at radius 3 is 2.63 bits per heavy atom. The smallest absolute Gasteiger partial charge is 0.123 e. The van der Waals surface area contributed by atoms with Gasteiger partial charge in [0.15, 0.2) is 0 Å². The summed E-state index contributed by atoms with van der Waals surface area (Å²) in [6, 6.07) is 20.5. The van der Waals surface area contributed by atoms with Gasteiger partial charge in [-0.05, 0) is 61.1 Å². The van der Waals surface area contributed by atoms with Crippen molar-refractivity contribution in [2.45, 2.75) is 50.7 Å². The number of rotatable bonds is 10. The van der Waals surface area contributed by atoms with Gasteiger partial charge in [-0.2, -0.15) is 5.26 Å². The van der Waals surface area contributed by atoms with Crippen LogP contribution in [-0.2, 0) is 6.42 Å². The summed E-state index contributed by atoms with van der Waals surface area (Å²) in [5.74, 6) is -0.400. The average molecular weight is 567 g/mol. The fraction of sp³-hybridized carbons (Fsp3) is 0.250. The molecule has 0 radical (unpaired) electrons. The molecule has 7 nitrogen and oxygen atoms in total. The Balaban J connectivity index is 1.42. The maximum atomic E-state index is 13.9. The van der Waals surface area contributed by atoms with E-state index >= 15 is 0 Å². The molecule has 1 fully saturated rings. The predicted molar refractivity (Wildman–Crippen MR) is 159 cm³/mol. The van der Waals surface area contributed by atoms with Gasteiger partial charge in [0.1, 0.15) is 17.6 Å². The van der Waals surface area contributed by atoms with Crippen LogP contribution in [-0.4, -0.2) is 26.0 Å². The van der Waals surface area contributed by atoms with Crippen molar-refractivity contribution in [2.75, 3.05) is 10.6 Å². The van der Waals surface area contributed by atoms with E-state index in [9.17, 15) is 11.0 Å². The molecule has 1 aliphatic rings. The standard InChI is InChI=1S/C32H29ClFN7/c1-2-24(14-20-6-4-3-5-7-20)37-30-22(17-35)18-36-32-27(30)15-25(16-28(32)33)38-31(21-8-10-23(34)11-9-21)29-19-41(40-39-29)26-12-13-26/h3-11,15-16,18-19,24,26,31,38H,2,12-14H2,1H3,(H,36,37)/t24?,31-/m0/s1/i31D. The fourth-order valence-corrected chi connectivity index (χ4v) is 5.19. The lowest BCUT2D eigenvalue weighted by Gasteiger charge is -2.22. The van der Waals surface area contributed by atoms with E-state index in [-0.39, 0.29) is 12.1 Å². The number of anilines is 2. The minimum Gasteiger partial charge on any atom is -0.380 e. The van der Waals surface area contributed by atoms with E-state index in [1.807, 2.05) is 24.3 Å². The van der Waals surface area contributed by atoms with Gasteiger partial charge in [-0.25, -0.2) is 9.07 Å². The molecule has 1 unspecified atom stereocenters. The SMILES string of the molecule is [2H][C@](Nc1cc(Cl)c2ncc(C#N)c(NC(CC)Cc3ccccc3)c2c1)(c1ccc(F)cc1)c1cn(C2CC2)nn1. The highest BCUT2D eigenvalue weighted by Crippen LogP contribution is 2.37. The molecule has 6 rings (SSSR count). The van der Waals surface area contributed by atoms with Crippen LogP contribution in [0.4, 0.5) is 15.8 Å². The summed E-state index contributed by atoms with van der Waals surface area (Å²) in [6.45, 7) is 2.10. The summed E-state index contributed by atoms with van der Waals surface area (Å²) >= 11 is 6.77. The minimum absolute atomic E-state index is 0.0486. The van der Waals surface area contributed by atoms with Gasteiger partial charge in [0.2, 0.25) is 0 Å². The summed E-state index contributed by atoms with van der Waals surface area (Å²) in [6.07, 6.45) is 6.93. The Morgan fingerprint density at radius 1 is 1.15 bits per heavy atom. The third kappa shape index (κ3) is 5.86. The number of pyridine rings is 1. The van der Waals surface area contributed by atoms with Crippen molar-refractivity contribution in [1.82, 2.24) is 20.0 Å². The lowest BCUT2D eigenvalue weighted by molar-refractivity contribution is 0.610. The van der Waals surface area contributed by atoms with Gasteiger partial charge in [-0.1, -0.05) is 66.2 Å². The molecule has 0 spiro atoms. The summed E-state index contributed by atoms with van der Waals surface area (Å²) < 4.78 is 25.2. The Labute approximate surface area is 244 Å². The highest BCUT2D eigenvalue weighted by molar-refractivity contribution is 6.35. The first-order chi connectivity index (χ1) is 20.4. The van der Waals surface area contributed by atoms with E-state index < -0.39 is 11.8 Å². The number of nitrogens with one attached hydrogen (secondary N) is 2. The number of aromatic nitrogens is 4. The first-order valence-electron chi connectivity index (χ1n) is 14.2. The molecule has 2 N–H and O–H groups in total. The number of hydrogen-bond acceptors (Lipinski definition) is 6. The van der Waals surface area contributed by atoms with Crippen LogP contribution >= 0.6 is 11.6 Å². The molecule has 0 bridgehead atoms. The Kier molecular flexibility index (Phi) is 7.18. The van der Waals surface area contributed by atoms with Crippen molar-refractivity contribution in [2.24, 2.45) is 0 Å². The van der Waals surface area contributed by atoms with Crippen molar-refractivity contribution in [3.8, 4) is 6.07 Å². The van der Waals surface area contributed by atoms with Crippen LogP contribution in [0.2, 0.25) is 5.02 Å². The van der Waals surface area contributed by atoms with E-state index in [4.69, 9.17) is 11.6 Å². The van der Waals surface area contributed by atoms with Crippen molar-refractivity contribution in [3.05, 3.63) is 112 Å². The number of fused-ring (bicyclic) bond motifs is 1. The lowest BCUT2D eigenvalue weighted by atomic mass is 10.0. The second kappa shape index (κ2) is 11.6. The van der Waals surface area contributed by atoms with Crippen LogP contribution in [0.15, 0.2) is 79.1 Å². The van der Waals surface area contributed by atoms with Crippen molar-refractivity contribution >= 4 is 33.9 Å². The molecular weight excluding hydrogens is 537 g/mol. The van der Waals surface area contributed by atoms with Crippen molar-refractivity contribution < 1.29 is 5.76 Å². The van der Waals surface area contributed by atoms with E-state index in [2.05, 4.69) is 51.1 Å². The molecule has 1 saturated carbocycles. The molecule has 0 saturated heterocycles. The average Bonchev–Trinajstić information content (AvgIpc) is 3.73. The Morgan fingerprint density at radius 2 is 1.93 bits per heavy atom. The van der Waals surface area contributed by atoms with Gasteiger partial charge >= 0.3 is 0 Å². The molecule has 3 aromatic carbocycles. The monoisotopic (exact) mass is 566 g/mol. The third-order valence-corrected chi connectivity index (χ3v) is 7.59. The predicted octanol–water partition coefficient (Wildman–Crippen LogP) is 7.46. The molecule has 2 heterocycles. The van der Waals surface area contributed by atoms with Gasteiger partial charge in [-0.3, -0.25) is 4.98 Å². The van der Waals surface area contributed by atoms with E-state index in [1.54, 1.807) is 29.1 Å². The topological polar surface area (TPSA) is 91.5 Å². The largest absolute Gasteiger partial charge is 0.380 e. The molecular formula is C32H29ClFN7. The number of benzene rings is 3. The van der Waals surface area contributed by atoms with Crippen molar-refractivity contribution in [1.29, 1.82) is 5.26 Å². The van der Waals surface area contributed by atoms with Crippen LogP contribution in [0.5, 0.6) is 0 Å². The van der Waals surface area contributed by atoms with Gasteiger partial charge in [0, 0.05) is 23.3 Å². The Bertz CT molecular complexity index is 1770. The minimum atomic E-state index is -1.61. The van der Waals surface area contributed by atoms with Crippen LogP contribution in [0.3, 0.4) is 0 Å². The molecule has 41 heavy (non-hydrogen) atoms. The van der Waals surface area contributed by atoms with E-state index in [0.29, 0.717) is 44.1 Å². The highest BCUT2D eigenvalue weighted by atomic mass is 35.5. The summed E-state index contributed by atoms with van der Waals surface area (Å²) in [5, 5.41) is 26.5. The second-order valence-corrected chi connectivity index (χ2v) is 10.7. The summed E-state index contributed by atoms with van der Waals surface area (Å²) in [5.41, 5.74) is 4.12. The fourth-order valence-electron chi connectivity index (χ4n) is 4.93. The number of hydrogen-bond donors (Lipinski definition) is 2. The van der Waals surface area contributed by atoms with Gasteiger partial charge < -0.3 is 10.6 Å². The Hall–Kier alpha value is -4.48. The van der Waals surface area contributed by atoms with Crippen LogP contribution in [0.25, 0.3) is 10.9 Å². The maximum absolute atomic E-state index is 13.9. The molecule has 0 aliphatic heterocycles. The lowest BCUT2D eigenvalue weighted by Crippen LogP contribution is -2.22. The number of nitrogens with zero attached hydrogens (tertiary/aromatic N) is 5. The zero-order valence-corrected chi connectivity index (χ0v) is 23.2. The normalized spacial score (nSPS) is 15.5. The van der Waals surface area contributed by atoms with Gasteiger partial charge in [-0.15, -0.1) is 5.10 Å². The molecule has 1 aliphatic carbocycles. The zero-order valence-electron chi connectivity index (χ0n) is 23.5. The first-order valence-corrected chi connectivity index (χ1v) is 14.0. The van der Waals surface area contributed by atoms with Gasteiger partial charge in [0.05, 0.1) is 41.4 Å². The molecule has 0 amide bonds. The zero-order chi connectivity index (χ0) is 29.3. The highest BCUT2D eigenvalue weighted by Gasteiger charge is 2.27. The molecule has 2 atom stereocenters. The van der Waals surface area contributed by atoms with Gasteiger partial charge in [0.25, 0.3) is 0 Å². The summed E-state index contributed by atoms with van der Waals surface area (Å²) in [7, 11) is 0. The maximum Gasteiger partial charge on any atom is 0.123 e. The van der Waals surface area contributed by atoms with Crippen LogP contribution in [0, 0.1) is 17.1 Å². The second-order valence-electron chi connectivity index (χ2n) is 10.3. The molecule has 5 aromatic rings. The van der Waals surface area contributed by atoms with Crippen LogP contribution < -0.4 is 10.6 Å². The van der Waals surface area contributed by atoms with Crippen molar-refractivity contribution in [3.63, 3.8) is 0 Å².